The first-order valence-corrected chi connectivity index (χ1v) is 9.16. The Balaban J connectivity index is 1.80. The van der Waals surface area contributed by atoms with Gasteiger partial charge in [0.15, 0.2) is 0 Å². The van der Waals surface area contributed by atoms with Crippen molar-refractivity contribution in [2.75, 3.05) is 20.8 Å². The molecule has 128 valence electrons. The molecule has 0 atom stereocenters. The maximum atomic E-state index is 12.8. The topological polar surface area (TPSA) is 47.6 Å². The van der Waals surface area contributed by atoms with Crippen LogP contribution in [0.15, 0.2) is 35.0 Å². The monoisotopic (exact) mass is 345 g/mol. The molecule has 1 N–H and O–H groups in total. The minimum atomic E-state index is -0.147. The Labute approximate surface area is 146 Å². The van der Waals surface area contributed by atoms with E-state index in [1.165, 1.54) is 18.4 Å². The zero-order valence-electron chi connectivity index (χ0n) is 14.1. The van der Waals surface area contributed by atoms with Crippen LogP contribution in [0.5, 0.6) is 11.5 Å². The highest BCUT2D eigenvalue weighted by atomic mass is 32.1. The maximum Gasteiger partial charge on any atom is 0.258 e. The Morgan fingerprint density at radius 1 is 1.17 bits per heavy atom. The van der Waals surface area contributed by atoms with Crippen LogP contribution in [0.4, 0.5) is 0 Å². The van der Waals surface area contributed by atoms with E-state index in [-0.39, 0.29) is 11.3 Å². The van der Waals surface area contributed by atoms with Gasteiger partial charge >= 0.3 is 0 Å². The molecule has 1 saturated carbocycles. The van der Waals surface area contributed by atoms with Crippen molar-refractivity contribution in [1.82, 2.24) is 5.32 Å². The van der Waals surface area contributed by atoms with E-state index in [1.807, 2.05) is 6.07 Å². The smallest absolute Gasteiger partial charge is 0.258 e. The SMILES string of the molecule is COc1cccc(OC)c1C(=O)NCC1(c2ccsc2)CCCC1. The normalized spacial score (nSPS) is 15.9. The highest BCUT2D eigenvalue weighted by molar-refractivity contribution is 7.08. The molecule has 0 spiro atoms. The lowest BCUT2D eigenvalue weighted by molar-refractivity contribution is 0.0937. The molecule has 1 aliphatic rings. The van der Waals surface area contributed by atoms with Gasteiger partial charge in [0.05, 0.1) is 14.2 Å². The molecule has 0 aliphatic heterocycles. The van der Waals surface area contributed by atoms with Crippen LogP contribution >= 0.6 is 11.3 Å². The fourth-order valence-corrected chi connectivity index (χ4v) is 4.38. The highest BCUT2D eigenvalue weighted by Crippen LogP contribution is 2.41. The maximum absolute atomic E-state index is 12.8. The number of methoxy groups -OCH3 is 2. The Morgan fingerprint density at radius 3 is 2.38 bits per heavy atom. The molecule has 1 aliphatic carbocycles. The van der Waals surface area contributed by atoms with Gasteiger partial charge in [0.2, 0.25) is 0 Å². The molecule has 2 aromatic rings. The van der Waals surface area contributed by atoms with Gasteiger partial charge in [0, 0.05) is 12.0 Å². The molecule has 5 heteroatoms. The summed E-state index contributed by atoms with van der Waals surface area (Å²) in [4.78, 5) is 12.8. The van der Waals surface area contributed by atoms with Crippen molar-refractivity contribution in [1.29, 1.82) is 0 Å². The van der Waals surface area contributed by atoms with Gasteiger partial charge in [-0.1, -0.05) is 18.9 Å². The van der Waals surface area contributed by atoms with Crippen LogP contribution in [-0.2, 0) is 5.41 Å². The van der Waals surface area contributed by atoms with E-state index in [0.29, 0.717) is 23.6 Å². The van der Waals surface area contributed by atoms with Crippen LogP contribution in [0, 0.1) is 0 Å². The van der Waals surface area contributed by atoms with E-state index < -0.39 is 0 Å². The first-order valence-electron chi connectivity index (χ1n) is 8.22. The second kappa shape index (κ2) is 7.26. The van der Waals surface area contributed by atoms with E-state index in [0.717, 1.165) is 12.8 Å². The summed E-state index contributed by atoms with van der Waals surface area (Å²) in [6.45, 7) is 0.643. The summed E-state index contributed by atoms with van der Waals surface area (Å²) in [6.07, 6.45) is 4.66. The summed E-state index contributed by atoms with van der Waals surface area (Å²) in [7, 11) is 3.13. The zero-order valence-corrected chi connectivity index (χ0v) is 14.9. The number of rotatable bonds is 6. The molecule has 24 heavy (non-hydrogen) atoms. The number of amides is 1. The number of carbonyl (C=O) groups is 1. The molecule has 1 aromatic carbocycles. The van der Waals surface area contributed by atoms with Gasteiger partial charge in [-0.2, -0.15) is 11.3 Å². The predicted molar refractivity (Wildman–Crippen MR) is 96.3 cm³/mol. The van der Waals surface area contributed by atoms with Crippen LogP contribution in [0.3, 0.4) is 0 Å². The second-order valence-corrected chi connectivity index (χ2v) is 7.00. The largest absolute Gasteiger partial charge is 0.496 e. The van der Waals surface area contributed by atoms with E-state index in [2.05, 4.69) is 22.1 Å². The standard InChI is InChI=1S/C19H23NO3S/c1-22-15-6-5-7-16(23-2)17(15)18(21)20-13-19(9-3-4-10-19)14-8-11-24-12-14/h5-8,11-12H,3-4,9-10,13H2,1-2H3,(H,20,21). The number of benzene rings is 1. The van der Waals surface area contributed by atoms with Crippen molar-refractivity contribution in [2.45, 2.75) is 31.1 Å². The lowest BCUT2D eigenvalue weighted by Gasteiger charge is -2.29. The van der Waals surface area contributed by atoms with E-state index >= 15 is 0 Å². The molecule has 4 nitrogen and oxygen atoms in total. The number of carbonyl (C=O) groups excluding carboxylic acids is 1. The number of nitrogens with one attached hydrogen (secondary N) is 1. The van der Waals surface area contributed by atoms with Crippen LogP contribution in [-0.4, -0.2) is 26.7 Å². The molecule has 3 rings (SSSR count). The summed E-state index contributed by atoms with van der Waals surface area (Å²) >= 11 is 1.72. The predicted octanol–water partition coefficient (Wildman–Crippen LogP) is 4.01. The third kappa shape index (κ3) is 3.13. The van der Waals surface area contributed by atoms with Crippen molar-refractivity contribution < 1.29 is 14.3 Å². The number of hydrogen-bond acceptors (Lipinski definition) is 4. The first-order chi connectivity index (χ1) is 11.7. The van der Waals surface area contributed by atoms with E-state index in [1.54, 1.807) is 37.7 Å². The molecule has 1 amide bonds. The van der Waals surface area contributed by atoms with Gasteiger partial charge in [-0.05, 0) is 47.4 Å². The van der Waals surface area contributed by atoms with E-state index in [4.69, 9.17) is 9.47 Å². The van der Waals surface area contributed by atoms with Crippen LogP contribution < -0.4 is 14.8 Å². The second-order valence-electron chi connectivity index (χ2n) is 6.22. The third-order valence-electron chi connectivity index (χ3n) is 4.94. The van der Waals surface area contributed by atoms with Gasteiger partial charge in [-0.3, -0.25) is 4.79 Å². The lowest BCUT2D eigenvalue weighted by Crippen LogP contribution is -2.39. The van der Waals surface area contributed by atoms with Crippen LogP contribution in [0.25, 0.3) is 0 Å². The number of hydrogen-bond donors (Lipinski definition) is 1. The molecule has 1 aromatic heterocycles. The Hall–Kier alpha value is -2.01. The molecule has 0 saturated heterocycles. The third-order valence-corrected chi connectivity index (χ3v) is 5.62. The molecular formula is C19H23NO3S. The highest BCUT2D eigenvalue weighted by Gasteiger charge is 2.36. The molecule has 1 fully saturated rings. The van der Waals surface area contributed by atoms with Gasteiger partial charge < -0.3 is 14.8 Å². The molecular weight excluding hydrogens is 322 g/mol. The molecule has 0 bridgehead atoms. The summed E-state index contributed by atoms with van der Waals surface area (Å²) in [6, 6.07) is 7.56. The fraction of sp³-hybridized carbons (Fsp3) is 0.421. The van der Waals surface area contributed by atoms with Crippen LogP contribution in [0.1, 0.15) is 41.6 Å². The van der Waals surface area contributed by atoms with Gasteiger partial charge in [0.1, 0.15) is 17.1 Å². The van der Waals surface area contributed by atoms with Crippen molar-refractivity contribution >= 4 is 17.2 Å². The average Bonchev–Trinajstić information content (AvgIpc) is 3.31. The molecule has 0 radical (unpaired) electrons. The minimum absolute atomic E-state index is 0.0604. The van der Waals surface area contributed by atoms with Crippen molar-refractivity contribution in [3.63, 3.8) is 0 Å². The summed E-state index contributed by atoms with van der Waals surface area (Å²) in [5.74, 6) is 0.913. The van der Waals surface area contributed by atoms with Gasteiger partial charge in [0.25, 0.3) is 5.91 Å². The quantitative estimate of drug-likeness (QED) is 0.860. The summed E-state index contributed by atoms with van der Waals surface area (Å²) in [5, 5.41) is 7.45. The lowest BCUT2D eigenvalue weighted by atomic mass is 9.80. The first kappa shape index (κ1) is 16.8. The van der Waals surface area contributed by atoms with E-state index in [9.17, 15) is 4.79 Å². The zero-order chi connectivity index (χ0) is 17.0. The Morgan fingerprint density at radius 2 is 1.83 bits per heavy atom. The molecule has 0 unspecified atom stereocenters. The van der Waals surface area contributed by atoms with Gasteiger partial charge in [-0.25, -0.2) is 0 Å². The average molecular weight is 345 g/mol. The van der Waals surface area contributed by atoms with Crippen molar-refractivity contribution in [2.24, 2.45) is 0 Å². The van der Waals surface area contributed by atoms with Crippen molar-refractivity contribution in [3.05, 3.63) is 46.2 Å². The summed E-state index contributed by atoms with van der Waals surface area (Å²) < 4.78 is 10.7. The fourth-order valence-electron chi connectivity index (χ4n) is 3.60. The van der Waals surface area contributed by atoms with Crippen LogP contribution in [0.2, 0.25) is 0 Å². The molecule has 1 heterocycles. The Bertz CT molecular complexity index is 668. The summed E-state index contributed by atoms with van der Waals surface area (Å²) in [5.41, 5.74) is 1.86. The number of ether oxygens (including phenoxy) is 2. The minimum Gasteiger partial charge on any atom is -0.496 e. The number of thiophene rings is 1. The van der Waals surface area contributed by atoms with Crippen molar-refractivity contribution in [3.8, 4) is 11.5 Å². The van der Waals surface area contributed by atoms with Gasteiger partial charge in [-0.15, -0.1) is 0 Å². The Kier molecular flexibility index (Phi) is 5.09.